The van der Waals surface area contributed by atoms with Crippen LogP contribution in [0.25, 0.3) is 0 Å². The van der Waals surface area contributed by atoms with E-state index < -0.39 is 5.54 Å². The van der Waals surface area contributed by atoms with Gasteiger partial charge in [-0.05, 0) is 37.1 Å². The zero-order valence-electron chi connectivity index (χ0n) is 11.6. The van der Waals surface area contributed by atoms with Crippen LogP contribution in [-0.4, -0.2) is 18.6 Å². The Kier molecular flexibility index (Phi) is 4.59. The van der Waals surface area contributed by atoms with E-state index in [2.05, 4.69) is 16.9 Å². The van der Waals surface area contributed by atoms with Crippen LogP contribution >= 0.6 is 0 Å². The summed E-state index contributed by atoms with van der Waals surface area (Å²) in [5, 5.41) is 9.31. The maximum absolute atomic E-state index is 12.0. The van der Waals surface area contributed by atoms with Crippen molar-refractivity contribution in [3.63, 3.8) is 0 Å². The summed E-state index contributed by atoms with van der Waals surface area (Å²) in [5.41, 5.74) is 5.47. The molecule has 0 aliphatic heterocycles. The first-order chi connectivity index (χ1) is 9.69. The molecule has 5 nitrogen and oxygen atoms in total. The van der Waals surface area contributed by atoms with Gasteiger partial charge in [0.25, 0.3) is 5.91 Å². The topological polar surface area (TPSA) is 74.2 Å². The number of carbonyl (C=O) groups excluding carboxylic acids is 1. The second-order valence-electron chi connectivity index (χ2n) is 5.06. The van der Waals surface area contributed by atoms with E-state index in [1.54, 1.807) is 31.4 Å². The van der Waals surface area contributed by atoms with Crippen LogP contribution in [0.1, 0.15) is 42.5 Å². The Morgan fingerprint density at radius 2 is 1.90 bits per heavy atom. The van der Waals surface area contributed by atoms with Crippen LogP contribution in [0, 0.1) is 11.3 Å². The van der Waals surface area contributed by atoms with Gasteiger partial charge in [0.15, 0.2) is 0 Å². The van der Waals surface area contributed by atoms with E-state index in [0.29, 0.717) is 11.3 Å². The molecule has 2 rings (SSSR count). The van der Waals surface area contributed by atoms with Crippen molar-refractivity contribution in [1.29, 1.82) is 5.26 Å². The van der Waals surface area contributed by atoms with E-state index in [9.17, 15) is 10.1 Å². The first kappa shape index (κ1) is 14.4. The lowest BCUT2D eigenvalue weighted by molar-refractivity contribution is 0.0905. The quantitative estimate of drug-likeness (QED) is 0.824. The summed E-state index contributed by atoms with van der Waals surface area (Å²) in [5.74, 6) is 0.461. The number of amides is 1. The molecule has 1 aromatic carbocycles. The Morgan fingerprint density at radius 1 is 1.25 bits per heavy atom. The average molecular weight is 273 g/mol. The monoisotopic (exact) mass is 273 g/mol. The van der Waals surface area contributed by atoms with Gasteiger partial charge in [0.1, 0.15) is 11.3 Å². The van der Waals surface area contributed by atoms with Crippen molar-refractivity contribution in [1.82, 2.24) is 10.9 Å². The summed E-state index contributed by atoms with van der Waals surface area (Å²) in [6.45, 7) is 0. The van der Waals surface area contributed by atoms with Gasteiger partial charge in [-0.3, -0.25) is 10.2 Å². The van der Waals surface area contributed by atoms with Gasteiger partial charge in [-0.1, -0.05) is 19.3 Å². The molecular weight excluding hydrogens is 254 g/mol. The molecule has 0 unspecified atom stereocenters. The molecule has 1 fully saturated rings. The minimum atomic E-state index is -0.625. The average Bonchev–Trinajstić information content (AvgIpc) is 2.53. The number of rotatable bonds is 4. The number of carbonyl (C=O) groups is 1. The van der Waals surface area contributed by atoms with Gasteiger partial charge in [-0.25, -0.2) is 5.43 Å². The third kappa shape index (κ3) is 3.28. The minimum Gasteiger partial charge on any atom is -0.497 e. The first-order valence-corrected chi connectivity index (χ1v) is 6.82. The van der Waals surface area contributed by atoms with Crippen LogP contribution in [-0.2, 0) is 0 Å². The highest BCUT2D eigenvalue weighted by Crippen LogP contribution is 2.26. The normalized spacial score (nSPS) is 17.0. The van der Waals surface area contributed by atoms with Crippen LogP contribution in [0.3, 0.4) is 0 Å². The Bertz CT molecular complexity index is 499. The molecule has 1 amide bonds. The summed E-state index contributed by atoms with van der Waals surface area (Å²) >= 11 is 0. The number of nitrogens with zero attached hydrogens (tertiary/aromatic N) is 1. The predicted molar refractivity (Wildman–Crippen MR) is 75.0 cm³/mol. The zero-order valence-corrected chi connectivity index (χ0v) is 11.6. The van der Waals surface area contributed by atoms with Crippen molar-refractivity contribution < 1.29 is 9.53 Å². The third-order valence-corrected chi connectivity index (χ3v) is 3.69. The second kappa shape index (κ2) is 6.40. The van der Waals surface area contributed by atoms with Crippen LogP contribution in [0.2, 0.25) is 0 Å². The number of methoxy groups -OCH3 is 1. The molecule has 20 heavy (non-hydrogen) atoms. The fourth-order valence-corrected chi connectivity index (χ4v) is 2.41. The maximum Gasteiger partial charge on any atom is 0.265 e. The molecule has 0 spiro atoms. The molecule has 106 valence electrons. The molecule has 0 bridgehead atoms. The Morgan fingerprint density at radius 3 is 2.45 bits per heavy atom. The number of nitriles is 1. The number of nitrogens with one attached hydrogen (secondary N) is 2. The number of hydrazine groups is 1. The highest BCUT2D eigenvalue weighted by atomic mass is 16.5. The lowest BCUT2D eigenvalue weighted by Crippen LogP contribution is -2.54. The summed E-state index contributed by atoms with van der Waals surface area (Å²) in [7, 11) is 1.58. The van der Waals surface area contributed by atoms with Crippen molar-refractivity contribution in [2.24, 2.45) is 0 Å². The van der Waals surface area contributed by atoms with Crippen LogP contribution in [0.15, 0.2) is 24.3 Å². The standard InChI is InChI=1S/C15H19N3O2/c1-20-13-7-5-12(6-8-13)14(19)17-18-15(11-16)9-3-2-4-10-15/h5-8,18H,2-4,9-10H2,1H3,(H,17,19). The van der Waals surface area contributed by atoms with Crippen molar-refractivity contribution >= 4 is 5.91 Å². The number of hydrogen-bond acceptors (Lipinski definition) is 4. The largest absolute Gasteiger partial charge is 0.497 e. The van der Waals surface area contributed by atoms with Gasteiger partial charge in [0.05, 0.1) is 13.2 Å². The van der Waals surface area contributed by atoms with Crippen LogP contribution < -0.4 is 15.6 Å². The zero-order chi connectivity index (χ0) is 14.4. The Labute approximate surface area is 118 Å². The Hall–Kier alpha value is -2.06. The van der Waals surface area contributed by atoms with Crippen LogP contribution in [0.5, 0.6) is 5.75 Å². The summed E-state index contributed by atoms with van der Waals surface area (Å²) in [4.78, 5) is 12.0. The SMILES string of the molecule is COc1ccc(C(=O)NNC2(C#N)CCCCC2)cc1. The molecule has 5 heteroatoms. The lowest BCUT2D eigenvalue weighted by atomic mass is 9.83. The van der Waals surface area contributed by atoms with Crippen molar-refractivity contribution in [2.75, 3.05) is 7.11 Å². The molecule has 0 heterocycles. The third-order valence-electron chi connectivity index (χ3n) is 3.69. The fourth-order valence-electron chi connectivity index (χ4n) is 2.41. The van der Waals surface area contributed by atoms with Crippen molar-refractivity contribution in [3.8, 4) is 11.8 Å². The molecule has 0 radical (unpaired) electrons. The number of benzene rings is 1. The summed E-state index contributed by atoms with van der Waals surface area (Å²) < 4.78 is 5.05. The lowest BCUT2D eigenvalue weighted by Gasteiger charge is -2.31. The number of hydrogen-bond donors (Lipinski definition) is 2. The van der Waals surface area contributed by atoms with E-state index in [1.807, 2.05) is 0 Å². The highest BCUT2D eigenvalue weighted by Gasteiger charge is 2.32. The van der Waals surface area contributed by atoms with E-state index in [-0.39, 0.29) is 5.91 Å². The first-order valence-electron chi connectivity index (χ1n) is 6.82. The van der Waals surface area contributed by atoms with Gasteiger partial charge >= 0.3 is 0 Å². The van der Waals surface area contributed by atoms with Gasteiger partial charge in [-0.15, -0.1) is 0 Å². The minimum absolute atomic E-state index is 0.243. The maximum atomic E-state index is 12.0. The molecule has 0 saturated heterocycles. The molecule has 0 atom stereocenters. The smallest absolute Gasteiger partial charge is 0.265 e. The van der Waals surface area contributed by atoms with Crippen LogP contribution in [0.4, 0.5) is 0 Å². The molecular formula is C15H19N3O2. The molecule has 1 saturated carbocycles. The van der Waals surface area contributed by atoms with Gasteiger partial charge in [0.2, 0.25) is 0 Å². The highest BCUT2D eigenvalue weighted by molar-refractivity contribution is 5.94. The van der Waals surface area contributed by atoms with Gasteiger partial charge in [-0.2, -0.15) is 5.26 Å². The molecule has 1 aliphatic rings. The molecule has 1 aromatic rings. The summed E-state index contributed by atoms with van der Waals surface area (Å²) in [6, 6.07) is 9.14. The fraction of sp³-hybridized carbons (Fsp3) is 0.467. The second-order valence-corrected chi connectivity index (χ2v) is 5.06. The van der Waals surface area contributed by atoms with E-state index in [0.717, 1.165) is 32.1 Å². The predicted octanol–water partition coefficient (Wildman–Crippen LogP) is 2.16. The van der Waals surface area contributed by atoms with Gasteiger partial charge in [0, 0.05) is 5.56 Å². The van der Waals surface area contributed by atoms with E-state index >= 15 is 0 Å². The van der Waals surface area contributed by atoms with E-state index in [1.165, 1.54) is 0 Å². The van der Waals surface area contributed by atoms with Crippen molar-refractivity contribution in [2.45, 2.75) is 37.6 Å². The molecule has 1 aliphatic carbocycles. The molecule has 2 N–H and O–H groups in total. The van der Waals surface area contributed by atoms with E-state index in [4.69, 9.17) is 4.74 Å². The van der Waals surface area contributed by atoms with Crippen molar-refractivity contribution in [3.05, 3.63) is 29.8 Å². The summed E-state index contributed by atoms with van der Waals surface area (Å²) in [6.07, 6.45) is 4.72. The molecule has 0 aromatic heterocycles. The van der Waals surface area contributed by atoms with Gasteiger partial charge < -0.3 is 4.74 Å². The number of ether oxygens (including phenoxy) is 1. The Balaban J connectivity index is 1.95.